The van der Waals surface area contributed by atoms with Crippen LogP contribution in [0.2, 0.25) is 0 Å². The van der Waals surface area contributed by atoms with Crippen LogP contribution in [0.3, 0.4) is 0 Å². The zero-order chi connectivity index (χ0) is 27.8. The van der Waals surface area contributed by atoms with Gasteiger partial charge < -0.3 is 24.6 Å². The Morgan fingerprint density at radius 1 is 1.22 bits per heavy atom. The number of alkyl halides is 3. The third kappa shape index (κ3) is 7.09. The Hall–Kier alpha value is -4.35. The van der Waals surface area contributed by atoms with Gasteiger partial charge in [-0.1, -0.05) is 31.7 Å². The molecule has 9 nitrogen and oxygen atoms in total. The van der Waals surface area contributed by atoms with Crippen molar-refractivity contribution in [1.29, 1.82) is 0 Å². The second kappa shape index (κ2) is 12.6. The third-order valence-corrected chi connectivity index (χ3v) is 4.86. The molecule has 37 heavy (non-hydrogen) atoms. The first kappa shape index (κ1) is 28.9. The molecule has 2 N–H and O–H groups in total. The van der Waals surface area contributed by atoms with Crippen LogP contribution in [-0.4, -0.2) is 53.7 Å². The van der Waals surface area contributed by atoms with E-state index in [1.54, 1.807) is 25.1 Å². The highest BCUT2D eigenvalue weighted by Crippen LogP contribution is 2.31. The summed E-state index contributed by atoms with van der Waals surface area (Å²) >= 11 is 0. The molecule has 0 aliphatic rings. The number of ether oxygens (including phenoxy) is 2. The number of nitrogens with two attached hydrogens (primary N) is 1. The lowest BCUT2D eigenvalue weighted by Gasteiger charge is -2.19. The maximum Gasteiger partial charge on any atom is 0.417 e. The second-order valence-corrected chi connectivity index (χ2v) is 7.33. The Morgan fingerprint density at radius 3 is 2.43 bits per heavy atom. The maximum absolute atomic E-state index is 12.7. The molecule has 3 rings (SSSR count). The summed E-state index contributed by atoms with van der Waals surface area (Å²) in [4.78, 5) is 21.3. The molecule has 0 saturated carbocycles. The van der Waals surface area contributed by atoms with Crippen LogP contribution in [0.4, 0.5) is 13.2 Å². The number of methoxy groups -OCH3 is 1. The quantitative estimate of drug-likeness (QED) is 0.400. The van der Waals surface area contributed by atoms with E-state index in [0.717, 1.165) is 12.1 Å². The van der Waals surface area contributed by atoms with Crippen LogP contribution in [0.5, 0.6) is 11.6 Å². The Bertz CT molecular complexity index is 1250. The monoisotopic (exact) mass is 519 g/mol. The van der Waals surface area contributed by atoms with Gasteiger partial charge in [-0.05, 0) is 24.3 Å². The number of hydrogen-bond donors (Lipinski definition) is 1. The van der Waals surface area contributed by atoms with Gasteiger partial charge in [0.1, 0.15) is 12.4 Å². The molecule has 0 bridgehead atoms. The fourth-order valence-corrected chi connectivity index (χ4v) is 3.02. The molecule has 0 aliphatic heterocycles. The summed E-state index contributed by atoms with van der Waals surface area (Å²) in [6, 6.07) is 6.58. The lowest BCUT2D eigenvalue weighted by atomic mass is 10.1. The fraction of sp³-hybridized carbons (Fsp3) is 0.280. The standard InChI is InChI=1S/C23H22F3N5O4.C2H6/c1-5-15(17(31(2)3)12-34-19-9-7-14(11-28-19)23(24,25)26)22-29-21(30-35-22)16-8-6-13(20(27)32)10-18(16)33-4;1-2/h5-11H,1,12H2,2-4H3,(H2,27,32);1-2H3/b17-15+;. The number of pyridine rings is 1. The molecule has 0 atom stereocenters. The predicted octanol–water partition coefficient (Wildman–Crippen LogP) is 4.82. The van der Waals surface area contributed by atoms with E-state index in [2.05, 4.69) is 21.7 Å². The molecule has 0 fully saturated rings. The van der Waals surface area contributed by atoms with Gasteiger partial charge in [-0.15, -0.1) is 0 Å². The van der Waals surface area contributed by atoms with Crippen molar-refractivity contribution in [3.63, 3.8) is 0 Å². The third-order valence-electron chi connectivity index (χ3n) is 4.86. The second-order valence-electron chi connectivity index (χ2n) is 7.33. The van der Waals surface area contributed by atoms with Gasteiger partial charge in [0.25, 0.3) is 5.89 Å². The number of benzene rings is 1. The predicted molar refractivity (Wildman–Crippen MR) is 132 cm³/mol. The number of aromatic nitrogens is 3. The summed E-state index contributed by atoms with van der Waals surface area (Å²) in [5, 5.41) is 3.99. The number of primary amides is 1. The Morgan fingerprint density at radius 2 is 1.92 bits per heavy atom. The van der Waals surface area contributed by atoms with Gasteiger partial charge in [-0.25, -0.2) is 4.98 Å². The fourth-order valence-electron chi connectivity index (χ4n) is 3.02. The smallest absolute Gasteiger partial charge is 0.417 e. The molecule has 2 aromatic heterocycles. The zero-order valence-electron chi connectivity index (χ0n) is 21.1. The molecular formula is C25H28F3N5O4. The van der Waals surface area contributed by atoms with Crippen LogP contribution >= 0.6 is 0 Å². The van der Waals surface area contributed by atoms with Crippen molar-refractivity contribution >= 4 is 11.5 Å². The number of hydrogen-bond acceptors (Lipinski definition) is 8. The van der Waals surface area contributed by atoms with E-state index in [1.165, 1.54) is 25.3 Å². The lowest BCUT2D eigenvalue weighted by molar-refractivity contribution is -0.137. The van der Waals surface area contributed by atoms with Crippen molar-refractivity contribution in [3.8, 4) is 23.0 Å². The van der Waals surface area contributed by atoms with E-state index in [1.807, 2.05) is 13.8 Å². The van der Waals surface area contributed by atoms with Gasteiger partial charge in [-0.3, -0.25) is 4.79 Å². The topological polar surface area (TPSA) is 117 Å². The van der Waals surface area contributed by atoms with Crippen LogP contribution in [0.1, 0.15) is 35.7 Å². The van der Waals surface area contributed by atoms with Crippen LogP contribution in [0.15, 0.2) is 59.4 Å². The van der Waals surface area contributed by atoms with Gasteiger partial charge in [0.2, 0.25) is 17.6 Å². The minimum atomic E-state index is -4.49. The first-order valence-electron chi connectivity index (χ1n) is 11.1. The van der Waals surface area contributed by atoms with E-state index < -0.39 is 17.6 Å². The average Bonchev–Trinajstić information content (AvgIpc) is 3.36. The van der Waals surface area contributed by atoms with Gasteiger partial charge in [0.05, 0.1) is 29.5 Å². The van der Waals surface area contributed by atoms with Crippen LogP contribution in [0, 0.1) is 0 Å². The Labute approximate surface area is 212 Å². The molecule has 1 amide bonds. The summed E-state index contributed by atoms with van der Waals surface area (Å²) in [6.45, 7) is 7.73. The molecule has 198 valence electrons. The van der Waals surface area contributed by atoms with Crippen molar-refractivity contribution in [3.05, 3.63) is 71.9 Å². The molecule has 0 saturated heterocycles. The minimum Gasteiger partial charge on any atom is -0.496 e. The molecule has 2 heterocycles. The van der Waals surface area contributed by atoms with Gasteiger partial charge in [0, 0.05) is 31.9 Å². The largest absolute Gasteiger partial charge is 0.496 e. The minimum absolute atomic E-state index is 0.00579. The van der Waals surface area contributed by atoms with E-state index in [0.29, 0.717) is 28.8 Å². The molecule has 0 radical (unpaired) electrons. The molecule has 0 spiro atoms. The Kier molecular flexibility index (Phi) is 9.81. The van der Waals surface area contributed by atoms with Crippen LogP contribution in [0.25, 0.3) is 17.0 Å². The molecular weight excluding hydrogens is 491 g/mol. The molecule has 0 unspecified atom stereocenters. The van der Waals surface area contributed by atoms with Gasteiger partial charge in [0.15, 0.2) is 0 Å². The zero-order valence-corrected chi connectivity index (χ0v) is 21.1. The molecule has 3 aromatic rings. The number of rotatable bonds is 9. The highest BCUT2D eigenvalue weighted by molar-refractivity contribution is 5.94. The van der Waals surface area contributed by atoms with E-state index in [9.17, 15) is 18.0 Å². The van der Waals surface area contributed by atoms with E-state index in [4.69, 9.17) is 19.7 Å². The lowest BCUT2D eigenvalue weighted by Crippen LogP contribution is -2.19. The van der Waals surface area contributed by atoms with Gasteiger partial charge >= 0.3 is 6.18 Å². The number of allylic oxidation sites excluding steroid dienone is 2. The van der Waals surface area contributed by atoms with Gasteiger partial charge in [-0.2, -0.15) is 18.2 Å². The average molecular weight is 520 g/mol. The molecule has 0 aliphatic carbocycles. The summed E-state index contributed by atoms with van der Waals surface area (Å²) in [6.07, 6.45) is -2.30. The van der Waals surface area contributed by atoms with Crippen molar-refractivity contribution in [2.45, 2.75) is 20.0 Å². The van der Waals surface area contributed by atoms with Crippen molar-refractivity contribution in [1.82, 2.24) is 20.0 Å². The summed E-state index contributed by atoms with van der Waals surface area (Å²) < 4.78 is 54.6. The maximum atomic E-state index is 12.7. The molecule has 12 heteroatoms. The van der Waals surface area contributed by atoms with Crippen molar-refractivity contribution in [2.75, 3.05) is 27.8 Å². The summed E-state index contributed by atoms with van der Waals surface area (Å²) in [5.74, 6) is 0.0200. The number of halogens is 3. The van der Waals surface area contributed by atoms with E-state index >= 15 is 0 Å². The van der Waals surface area contributed by atoms with Crippen LogP contribution < -0.4 is 15.2 Å². The van der Waals surface area contributed by atoms with Crippen LogP contribution in [-0.2, 0) is 6.18 Å². The highest BCUT2D eigenvalue weighted by atomic mass is 19.4. The number of likely N-dealkylation sites (N-methyl/N-ethyl adjacent to an activating group) is 1. The van der Waals surface area contributed by atoms with Crippen molar-refractivity contribution in [2.24, 2.45) is 5.73 Å². The first-order valence-corrected chi connectivity index (χ1v) is 11.1. The number of nitrogens with zero attached hydrogens (tertiary/aromatic N) is 4. The Balaban J connectivity index is 0.00000235. The molecule has 1 aromatic carbocycles. The summed E-state index contributed by atoms with van der Waals surface area (Å²) in [5.41, 5.74) is 6.14. The number of carbonyl (C=O) groups excluding carboxylic acids is 1. The van der Waals surface area contributed by atoms with Crippen molar-refractivity contribution < 1.29 is 32.0 Å². The highest BCUT2D eigenvalue weighted by Gasteiger charge is 2.30. The number of carbonyl (C=O) groups is 1. The SMILES string of the molecule is C=C/C(=C(/COc1ccc(C(F)(F)F)cn1)N(C)C)c1nc(-c2ccc(C(N)=O)cc2OC)no1.CC. The summed E-state index contributed by atoms with van der Waals surface area (Å²) in [7, 11) is 4.91. The normalized spacial score (nSPS) is 11.6. The number of amides is 1. The van der Waals surface area contributed by atoms with E-state index in [-0.39, 0.29) is 29.8 Å². The first-order chi connectivity index (χ1) is 17.5.